The van der Waals surface area contributed by atoms with Crippen LogP contribution in [0.5, 0.6) is 0 Å². The highest BCUT2D eigenvalue weighted by atomic mass is 16.5. The molecule has 2 N–H and O–H groups in total. The third-order valence-corrected chi connectivity index (χ3v) is 3.99. The van der Waals surface area contributed by atoms with E-state index in [4.69, 9.17) is 4.74 Å². The predicted octanol–water partition coefficient (Wildman–Crippen LogP) is 2.52. The van der Waals surface area contributed by atoms with Gasteiger partial charge in [0.15, 0.2) is 0 Å². The van der Waals surface area contributed by atoms with Gasteiger partial charge in [0, 0.05) is 38.0 Å². The van der Waals surface area contributed by atoms with E-state index in [9.17, 15) is 4.79 Å². The van der Waals surface area contributed by atoms with Crippen molar-refractivity contribution in [3.8, 4) is 0 Å². The molecule has 0 saturated carbocycles. The molecule has 0 spiro atoms. The van der Waals surface area contributed by atoms with E-state index in [1.807, 2.05) is 0 Å². The lowest BCUT2D eigenvalue weighted by molar-refractivity contribution is -0.124. The van der Waals surface area contributed by atoms with Crippen molar-refractivity contribution in [2.75, 3.05) is 18.5 Å². The predicted molar refractivity (Wildman–Crippen MR) is 90.2 cm³/mol. The number of hydrogen-bond donors (Lipinski definition) is 2. The lowest BCUT2D eigenvalue weighted by Crippen LogP contribution is -2.45. The second-order valence-electron chi connectivity index (χ2n) is 6.68. The van der Waals surface area contributed by atoms with Gasteiger partial charge in [-0.15, -0.1) is 0 Å². The van der Waals surface area contributed by atoms with Crippen LogP contribution in [0.1, 0.15) is 52.4 Å². The lowest BCUT2D eigenvalue weighted by atomic mass is 9.94. The van der Waals surface area contributed by atoms with Crippen molar-refractivity contribution in [3.05, 3.63) is 18.5 Å². The summed E-state index contributed by atoms with van der Waals surface area (Å²) in [7, 11) is 0. The van der Waals surface area contributed by atoms with Gasteiger partial charge in [0.05, 0.1) is 5.60 Å². The third-order valence-electron chi connectivity index (χ3n) is 3.99. The Hall–Kier alpha value is -1.69. The molecule has 1 fully saturated rings. The molecule has 6 nitrogen and oxygen atoms in total. The molecule has 0 bridgehead atoms. The summed E-state index contributed by atoms with van der Waals surface area (Å²) in [5, 5.41) is 6.31. The van der Waals surface area contributed by atoms with E-state index < -0.39 is 0 Å². The number of carbonyl (C=O) groups is 1. The highest BCUT2D eigenvalue weighted by Gasteiger charge is 2.29. The average Bonchev–Trinajstić information content (AvgIpc) is 2.51. The number of nitrogens with one attached hydrogen (secondary N) is 2. The molecule has 0 radical (unpaired) electrons. The van der Waals surface area contributed by atoms with Crippen LogP contribution in [-0.2, 0) is 9.53 Å². The summed E-state index contributed by atoms with van der Waals surface area (Å²) in [4.78, 5) is 20.2. The number of rotatable bonds is 8. The molecule has 23 heavy (non-hydrogen) atoms. The number of anilines is 1. The molecule has 1 amide bonds. The summed E-state index contributed by atoms with van der Waals surface area (Å²) < 4.78 is 5.67. The van der Waals surface area contributed by atoms with Crippen LogP contribution < -0.4 is 10.6 Å². The maximum absolute atomic E-state index is 12.0. The van der Waals surface area contributed by atoms with Crippen LogP contribution in [0.2, 0.25) is 0 Å². The fraction of sp³-hybridized carbons (Fsp3) is 0.706. The third kappa shape index (κ3) is 6.95. The van der Waals surface area contributed by atoms with Crippen LogP contribution in [0.15, 0.2) is 18.5 Å². The van der Waals surface area contributed by atoms with Crippen LogP contribution in [0.25, 0.3) is 0 Å². The number of hydrogen-bond acceptors (Lipinski definition) is 5. The lowest BCUT2D eigenvalue weighted by Gasteiger charge is -2.35. The van der Waals surface area contributed by atoms with Gasteiger partial charge >= 0.3 is 0 Å². The number of amides is 1. The van der Waals surface area contributed by atoms with Crippen molar-refractivity contribution in [3.63, 3.8) is 0 Å². The molecule has 1 aliphatic heterocycles. The zero-order chi connectivity index (χ0) is 16.5. The minimum absolute atomic E-state index is 0.124. The molecule has 1 saturated heterocycles. The Bertz CT molecular complexity index is 479. The van der Waals surface area contributed by atoms with E-state index in [1.165, 1.54) is 0 Å². The average molecular weight is 320 g/mol. The number of ether oxygens (including phenoxy) is 1. The maximum atomic E-state index is 12.0. The normalized spacial score (nSPS) is 20.0. The van der Waals surface area contributed by atoms with Crippen molar-refractivity contribution in [2.24, 2.45) is 0 Å². The summed E-state index contributed by atoms with van der Waals surface area (Å²) in [6.07, 6.45) is 8.78. The number of aromatic nitrogens is 2. The molecule has 2 rings (SSSR count). The summed E-state index contributed by atoms with van der Waals surface area (Å²) in [6.45, 7) is 5.72. The molecular formula is C17H28N4O2. The molecule has 128 valence electrons. The summed E-state index contributed by atoms with van der Waals surface area (Å²) in [5.41, 5.74) is -0.124. The van der Waals surface area contributed by atoms with Gasteiger partial charge in [0.2, 0.25) is 11.9 Å². The smallest absolute Gasteiger partial charge is 0.222 e. The first kappa shape index (κ1) is 17.7. The van der Waals surface area contributed by atoms with E-state index in [0.717, 1.165) is 45.3 Å². The second-order valence-corrected chi connectivity index (χ2v) is 6.68. The molecule has 1 atom stereocenters. The summed E-state index contributed by atoms with van der Waals surface area (Å²) >= 11 is 0. The Morgan fingerprint density at radius 3 is 2.83 bits per heavy atom. The summed E-state index contributed by atoms with van der Waals surface area (Å²) in [5.74, 6) is 0.819. The molecule has 0 unspecified atom stereocenters. The van der Waals surface area contributed by atoms with Crippen molar-refractivity contribution in [1.29, 1.82) is 0 Å². The number of nitrogens with zero attached hydrogens (tertiary/aromatic N) is 2. The van der Waals surface area contributed by atoms with Gasteiger partial charge in [0.25, 0.3) is 0 Å². The van der Waals surface area contributed by atoms with Gasteiger partial charge in [-0.05, 0) is 45.6 Å². The van der Waals surface area contributed by atoms with Crippen LogP contribution in [0.4, 0.5) is 5.95 Å². The minimum Gasteiger partial charge on any atom is -0.375 e. The Labute approximate surface area is 138 Å². The van der Waals surface area contributed by atoms with E-state index >= 15 is 0 Å². The molecule has 6 heteroatoms. The van der Waals surface area contributed by atoms with Crippen LogP contribution in [0.3, 0.4) is 0 Å². The van der Waals surface area contributed by atoms with Crippen LogP contribution in [0, 0.1) is 0 Å². The van der Waals surface area contributed by atoms with Crippen molar-refractivity contribution in [1.82, 2.24) is 15.3 Å². The highest BCUT2D eigenvalue weighted by molar-refractivity contribution is 5.76. The highest BCUT2D eigenvalue weighted by Crippen LogP contribution is 2.23. The minimum atomic E-state index is -0.124. The number of carbonyl (C=O) groups excluding carboxylic acids is 1. The van der Waals surface area contributed by atoms with E-state index in [2.05, 4.69) is 34.4 Å². The molecule has 1 aromatic rings. The van der Waals surface area contributed by atoms with Crippen molar-refractivity contribution in [2.45, 2.75) is 64.0 Å². The first-order valence-electron chi connectivity index (χ1n) is 8.49. The molecular weight excluding hydrogens is 292 g/mol. The first-order chi connectivity index (χ1) is 11.1. The van der Waals surface area contributed by atoms with Gasteiger partial charge in [-0.2, -0.15) is 0 Å². The van der Waals surface area contributed by atoms with E-state index in [-0.39, 0.29) is 17.6 Å². The first-order valence-corrected chi connectivity index (χ1v) is 8.49. The van der Waals surface area contributed by atoms with Gasteiger partial charge in [-0.1, -0.05) is 6.42 Å². The topological polar surface area (TPSA) is 76.1 Å². The van der Waals surface area contributed by atoms with Gasteiger partial charge < -0.3 is 15.4 Å². The zero-order valence-electron chi connectivity index (χ0n) is 14.2. The second kappa shape index (κ2) is 8.82. The quantitative estimate of drug-likeness (QED) is 0.720. The molecule has 1 aromatic heterocycles. The molecule has 1 aliphatic rings. The van der Waals surface area contributed by atoms with Gasteiger partial charge in [-0.3, -0.25) is 4.79 Å². The standard InChI is InChI=1S/C17H28N4O2/c1-17(2)13-14(8-12-23-17)21-15(22)7-4-3-5-9-18-16-19-10-6-11-20-16/h6,10-11,14H,3-5,7-9,12-13H2,1-2H3,(H,21,22)(H,18,19,20)/t14-/m0/s1. The molecule has 2 heterocycles. The molecule has 0 aliphatic carbocycles. The monoisotopic (exact) mass is 320 g/mol. The SMILES string of the molecule is CC1(C)C[C@@H](NC(=O)CCCCCNc2ncccn2)CCO1. The largest absolute Gasteiger partial charge is 0.375 e. The van der Waals surface area contributed by atoms with Crippen LogP contribution in [-0.4, -0.2) is 40.7 Å². The number of unbranched alkanes of at least 4 members (excludes halogenated alkanes) is 2. The Morgan fingerprint density at radius 2 is 2.09 bits per heavy atom. The van der Waals surface area contributed by atoms with E-state index in [1.54, 1.807) is 18.5 Å². The zero-order valence-corrected chi connectivity index (χ0v) is 14.2. The fourth-order valence-corrected chi connectivity index (χ4v) is 2.83. The fourth-order valence-electron chi connectivity index (χ4n) is 2.83. The van der Waals surface area contributed by atoms with Gasteiger partial charge in [0.1, 0.15) is 0 Å². The Balaban J connectivity index is 1.51. The Kier molecular flexibility index (Phi) is 6.77. The summed E-state index contributed by atoms with van der Waals surface area (Å²) in [6, 6.07) is 2.05. The maximum Gasteiger partial charge on any atom is 0.222 e. The van der Waals surface area contributed by atoms with Crippen molar-refractivity contribution >= 4 is 11.9 Å². The molecule has 0 aromatic carbocycles. The van der Waals surface area contributed by atoms with E-state index in [0.29, 0.717) is 12.4 Å². The van der Waals surface area contributed by atoms with Crippen molar-refractivity contribution < 1.29 is 9.53 Å². The van der Waals surface area contributed by atoms with Crippen LogP contribution >= 0.6 is 0 Å². The van der Waals surface area contributed by atoms with Gasteiger partial charge in [-0.25, -0.2) is 9.97 Å². The Morgan fingerprint density at radius 1 is 1.30 bits per heavy atom.